The lowest BCUT2D eigenvalue weighted by molar-refractivity contribution is -0.152. The smallest absolute Gasteiger partial charge is 0.465 e. The van der Waals surface area contributed by atoms with Gasteiger partial charge in [-0.1, -0.05) is 26.2 Å². The second kappa shape index (κ2) is 7.61. The fourth-order valence-corrected chi connectivity index (χ4v) is 2.71. The van der Waals surface area contributed by atoms with Crippen LogP contribution in [0.1, 0.15) is 32.6 Å². The van der Waals surface area contributed by atoms with Crippen LogP contribution in [0, 0.1) is 5.92 Å². The number of carbonyl (C=O) groups is 2. The van der Waals surface area contributed by atoms with Crippen molar-refractivity contribution in [2.24, 2.45) is 5.92 Å². The van der Waals surface area contributed by atoms with Gasteiger partial charge in [0, 0.05) is 0 Å². The van der Waals surface area contributed by atoms with Crippen molar-refractivity contribution >= 4 is 12.1 Å². The average molecular weight is 302 g/mol. The summed E-state index contributed by atoms with van der Waals surface area (Å²) in [7, 11) is 0. The molecular formula is C14H22O7. The Hall–Kier alpha value is -1.34. The molecule has 2 heterocycles. The zero-order valence-electron chi connectivity index (χ0n) is 12.2. The third kappa shape index (κ3) is 4.07. The third-order valence-electron chi connectivity index (χ3n) is 3.81. The van der Waals surface area contributed by atoms with Gasteiger partial charge in [-0.05, 0) is 6.42 Å². The Bertz CT molecular complexity index is 370. The zero-order chi connectivity index (χ0) is 15.2. The van der Waals surface area contributed by atoms with Crippen LogP contribution in [0.15, 0.2) is 0 Å². The summed E-state index contributed by atoms with van der Waals surface area (Å²) in [6.45, 7) is 2.82. The van der Waals surface area contributed by atoms with Crippen LogP contribution in [-0.4, -0.2) is 55.4 Å². The molecule has 0 aliphatic carbocycles. The van der Waals surface area contributed by atoms with Crippen LogP contribution in [-0.2, 0) is 23.7 Å². The van der Waals surface area contributed by atoms with Crippen molar-refractivity contribution in [2.45, 2.75) is 50.9 Å². The van der Waals surface area contributed by atoms with Gasteiger partial charge < -0.3 is 24.1 Å². The summed E-state index contributed by atoms with van der Waals surface area (Å²) in [5.74, 6) is -0.835. The maximum atomic E-state index is 12.0. The van der Waals surface area contributed by atoms with Crippen molar-refractivity contribution in [1.82, 2.24) is 0 Å². The lowest BCUT2D eigenvalue weighted by Crippen LogP contribution is -2.35. The van der Waals surface area contributed by atoms with E-state index in [1.807, 2.05) is 0 Å². The van der Waals surface area contributed by atoms with Crippen molar-refractivity contribution in [3.8, 4) is 0 Å². The number of carboxylic acid groups (broad SMARTS) is 1. The summed E-state index contributed by atoms with van der Waals surface area (Å²) in [5, 5.41) is 8.63. The van der Waals surface area contributed by atoms with E-state index < -0.39 is 30.4 Å². The molecule has 0 aromatic heterocycles. The predicted octanol–water partition coefficient (Wildman–Crippen LogP) is 1.59. The van der Waals surface area contributed by atoms with Gasteiger partial charge in [-0.3, -0.25) is 4.79 Å². The number of carbonyl (C=O) groups excluding carboxylic acids is 1. The summed E-state index contributed by atoms with van der Waals surface area (Å²) in [6, 6.07) is 0. The largest absolute Gasteiger partial charge is 0.506 e. The van der Waals surface area contributed by atoms with Crippen LogP contribution in [0.3, 0.4) is 0 Å². The van der Waals surface area contributed by atoms with Crippen LogP contribution in [0.5, 0.6) is 0 Å². The Morgan fingerprint density at radius 1 is 1.14 bits per heavy atom. The van der Waals surface area contributed by atoms with E-state index in [0.29, 0.717) is 6.61 Å². The molecule has 0 amide bonds. The maximum absolute atomic E-state index is 12.0. The molecule has 4 atom stereocenters. The molecule has 0 aromatic rings. The molecule has 120 valence electrons. The molecule has 21 heavy (non-hydrogen) atoms. The van der Waals surface area contributed by atoms with E-state index in [1.54, 1.807) is 0 Å². The van der Waals surface area contributed by atoms with E-state index in [9.17, 15) is 9.59 Å². The first-order valence-electron chi connectivity index (χ1n) is 7.43. The SMILES string of the molecule is CCCCCCOC(=O)C1COC2C(OC(=O)O)COC12. The average Bonchev–Trinajstić information content (AvgIpc) is 3.01. The van der Waals surface area contributed by atoms with E-state index in [2.05, 4.69) is 6.92 Å². The summed E-state index contributed by atoms with van der Waals surface area (Å²) < 4.78 is 20.8. The summed E-state index contributed by atoms with van der Waals surface area (Å²) in [6.07, 6.45) is 1.13. The zero-order valence-corrected chi connectivity index (χ0v) is 12.2. The Kier molecular flexibility index (Phi) is 5.81. The quantitative estimate of drug-likeness (QED) is 0.564. The number of hydrogen-bond donors (Lipinski definition) is 1. The number of fused-ring (bicyclic) bond motifs is 1. The van der Waals surface area contributed by atoms with Gasteiger partial charge in [-0.15, -0.1) is 0 Å². The summed E-state index contributed by atoms with van der Waals surface area (Å²) >= 11 is 0. The number of hydrogen-bond acceptors (Lipinski definition) is 6. The lowest BCUT2D eigenvalue weighted by Gasteiger charge is -2.15. The van der Waals surface area contributed by atoms with Crippen molar-refractivity contribution in [1.29, 1.82) is 0 Å². The molecular weight excluding hydrogens is 280 g/mol. The molecule has 0 spiro atoms. The van der Waals surface area contributed by atoms with Gasteiger partial charge in [-0.2, -0.15) is 0 Å². The van der Waals surface area contributed by atoms with Gasteiger partial charge >= 0.3 is 12.1 Å². The summed E-state index contributed by atoms with van der Waals surface area (Å²) in [5.41, 5.74) is 0. The van der Waals surface area contributed by atoms with E-state index in [0.717, 1.165) is 25.7 Å². The highest BCUT2D eigenvalue weighted by Gasteiger charge is 2.52. The highest BCUT2D eigenvalue weighted by atomic mass is 16.7. The molecule has 0 saturated carbocycles. The first kappa shape index (κ1) is 16.0. The van der Waals surface area contributed by atoms with Crippen molar-refractivity contribution in [2.75, 3.05) is 19.8 Å². The number of rotatable bonds is 7. The fourth-order valence-electron chi connectivity index (χ4n) is 2.71. The Balaban J connectivity index is 1.75. The third-order valence-corrected chi connectivity index (χ3v) is 3.81. The molecule has 7 nitrogen and oxygen atoms in total. The van der Waals surface area contributed by atoms with Gasteiger partial charge in [0.05, 0.1) is 19.8 Å². The highest BCUT2D eigenvalue weighted by Crippen LogP contribution is 2.33. The molecule has 2 saturated heterocycles. The Labute approximate surface area is 123 Å². The molecule has 2 fully saturated rings. The second-order valence-corrected chi connectivity index (χ2v) is 5.35. The lowest BCUT2D eigenvalue weighted by atomic mass is 10.0. The van der Waals surface area contributed by atoms with Crippen molar-refractivity contribution in [3.63, 3.8) is 0 Å². The van der Waals surface area contributed by atoms with Gasteiger partial charge in [0.15, 0.2) is 6.10 Å². The molecule has 1 N–H and O–H groups in total. The van der Waals surface area contributed by atoms with Gasteiger partial charge in [0.25, 0.3) is 0 Å². The fraction of sp³-hybridized carbons (Fsp3) is 0.857. The van der Waals surface area contributed by atoms with Gasteiger partial charge in [0.2, 0.25) is 0 Å². The van der Waals surface area contributed by atoms with E-state index in [1.165, 1.54) is 0 Å². The number of esters is 1. The molecule has 0 bridgehead atoms. The molecule has 0 radical (unpaired) electrons. The minimum Gasteiger partial charge on any atom is -0.465 e. The summed E-state index contributed by atoms with van der Waals surface area (Å²) in [4.78, 5) is 22.6. The topological polar surface area (TPSA) is 91.3 Å². The first-order chi connectivity index (χ1) is 10.1. The van der Waals surface area contributed by atoms with Crippen LogP contribution >= 0.6 is 0 Å². The van der Waals surface area contributed by atoms with Gasteiger partial charge in [0.1, 0.15) is 18.1 Å². The first-order valence-corrected chi connectivity index (χ1v) is 7.43. The molecule has 2 rings (SSSR count). The molecule has 7 heteroatoms. The van der Waals surface area contributed by atoms with E-state index in [4.69, 9.17) is 24.1 Å². The molecule has 4 unspecified atom stereocenters. The maximum Gasteiger partial charge on any atom is 0.506 e. The Morgan fingerprint density at radius 2 is 1.90 bits per heavy atom. The minimum atomic E-state index is -1.37. The standard InChI is InChI=1S/C14H22O7/c1-2-3-4-5-6-18-13(15)9-7-19-12-10(21-14(16)17)8-20-11(9)12/h9-12H,2-8H2,1H3,(H,16,17). The normalized spacial score (nSPS) is 30.9. The number of ether oxygens (including phenoxy) is 4. The molecule has 2 aliphatic heterocycles. The minimum absolute atomic E-state index is 0.113. The highest BCUT2D eigenvalue weighted by molar-refractivity contribution is 5.74. The van der Waals surface area contributed by atoms with Gasteiger partial charge in [-0.25, -0.2) is 4.79 Å². The van der Waals surface area contributed by atoms with Crippen LogP contribution in [0.4, 0.5) is 4.79 Å². The second-order valence-electron chi connectivity index (χ2n) is 5.35. The molecule has 0 aromatic carbocycles. The van der Waals surface area contributed by atoms with Crippen molar-refractivity contribution in [3.05, 3.63) is 0 Å². The monoisotopic (exact) mass is 302 g/mol. The van der Waals surface area contributed by atoms with Crippen LogP contribution in [0.25, 0.3) is 0 Å². The van der Waals surface area contributed by atoms with Crippen LogP contribution in [0.2, 0.25) is 0 Å². The van der Waals surface area contributed by atoms with Crippen molar-refractivity contribution < 1.29 is 33.6 Å². The Morgan fingerprint density at radius 3 is 2.62 bits per heavy atom. The molecule has 2 aliphatic rings. The van der Waals surface area contributed by atoms with Crippen LogP contribution < -0.4 is 0 Å². The van der Waals surface area contributed by atoms with E-state index in [-0.39, 0.29) is 19.2 Å². The number of unbranched alkanes of at least 4 members (excludes halogenated alkanes) is 3. The van der Waals surface area contributed by atoms with E-state index >= 15 is 0 Å². The predicted molar refractivity (Wildman–Crippen MR) is 71.0 cm³/mol.